The third-order valence-electron chi connectivity index (χ3n) is 7.00. The molecular formula is C31H40ClN5O2. The molecule has 1 atom stereocenters. The highest BCUT2D eigenvalue weighted by molar-refractivity contribution is 6.30. The second-order valence-corrected chi connectivity index (χ2v) is 11.3. The van der Waals surface area contributed by atoms with E-state index in [1.165, 1.54) is 0 Å². The summed E-state index contributed by atoms with van der Waals surface area (Å²) in [5.74, 6) is 1.04. The fourth-order valence-corrected chi connectivity index (χ4v) is 5.36. The fourth-order valence-electron chi connectivity index (χ4n) is 5.19. The smallest absolute Gasteiger partial charge is 0.410 e. The van der Waals surface area contributed by atoms with Crippen LogP contribution in [0.15, 0.2) is 65.6 Å². The highest BCUT2D eigenvalue weighted by Crippen LogP contribution is 2.39. The van der Waals surface area contributed by atoms with E-state index in [0.29, 0.717) is 37.7 Å². The first-order chi connectivity index (χ1) is 18.6. The van der Waals surface area contributed by atoms with E-state index in [2.05, 4.69) is 52.6 Å². The van der Waals surface area contributed by atoms with Crippen molar-refractivity contribution in [2.45, 2.75) is 66.2 Å². The van der Waals surface area contributed by atoms with Crippen LogP contribution in [0.2, 0.25) is 5.02 Å². The van der Waals surface area contributed by atoms with Gasteiger partial charge in [0.05, 0.1) is 11.8 Å². The van der Waals surface area contributed by atoms with Crippen molar-refractivity contribution < 1.29 is 9.53 Å². The monoisotopic (exact) mass is 549 g/mol. The van der Waals surface area contributed by atoms with Gasteiger partial charge in [0.2, 0.25) is 0 Å². The van der Waals surface area contributed by atoms with Gasteiger partial charge in [-0.25, -0.2) is 9.78 Å². The lowest BCUT2D eigenvalue weighted by Gasteiger charge is -2.40. The minimum atomic E-state index is -0.518. The molecule has 1 saturated heterocycles. The summed E-state index contributed by atoms with van der Waals surface area (Å²) in [4.78, 5) is 26.5. The molecule has 208 valence electrons. The molecule has 0 saturated carbocycles. The standard InChI is InChI=1S/C31H40ClN5O2/c1-7-12-34-28-22(8-2)19-23(21-37-14-13-33-27(37)9-3)26-20-24(32)10-11-25(26)29(28)35-15-17-36(18-16-35)30(38)39-31(4,5)6/h7-8,10-14,19-20,29H,9,15-18,21H2,1-6H3/b12-7-,22-8-,34-28-. The lowest BCUT2D eigenvalue weighted by Crippen LogP contribution is -2.52. The first kappa shape index (κ1) is 28.8. The quantitative estimate of drug-likeness (QED) is 0.416. The van der Waals surface area contributed by atoms with Gasteiger partial charge in [0.1, 0.15) is 11.4 Å². The van der Waals surface area contributed by atoms with Gasteiger partial charge in [0.25, 0.3) is 0 Å². The lowest BCUT2D eigenvalue weighted by atomic mass is 9.92. The zero-order chi connectivity index (χ0) is 28.2. The first-order valence-electron chi connectivity index (χ1n) is 13.7. The van der Waals surface area contributed by atoms with Crippen molar-refractivity contribution in [3.05, 3.63) is 82.6 Å². The van der Waals surface area contributed by atoms with Crippen molar-refractivity contribution >= 4 is 29.0 Å². The van der Waals surface area contributed by atoms with Crippen LogP contribution in [0.3, 0.4) is 0 Å². The Labute approximate surface area is 237 Å². The molecular weight excluding hydrogens is 510 g/mol. The van der Waals surface area contributed by atoms with Gasteiger partial charge in [-0.1, -0.05) is 36.7 Å². The molecule has 1 amide bonds. The van der Waals surface area contributed by atoms with Gasteiger partial charge < -0.3 is 14.2 Å². The van der Waals surface area contributed by atoms with E-state index in [0.717, 1.165) is 40.2 Å². The van der Waals surface area contributed by atoms with Gasteiger partial charge in [-0.05, 0) is 75.1 Å². The normalized spacial score (nSPS) is 20.8. The molecule has 39 heavy (non-hydrogen) atoms. The maximum Gasteiger partial charge on any atom is 0.410 e. The molecule has 1 aromatic carbocycles. The van der Waals surface area contributed by atoms with Crippen LogP contribution < -0.4 is 0 Å². The van der Waals surface area contributed by atoms with E-state index in [-0.39, 0.29) is 12.1 Å². The third kappa shape index (κ3) is 6.71. The predicted octanol–water partition coefficient (Wildman–Crippen LogP) is 6.71. The highest BCUT2D eigenvalue weighted by atomic mass is 35.5. The maximum atomic E-state index is 12.8. The number of aryl methyl sites for hydroxylation is 1. The van der Waals surface area contributed by atoms with Gasteiger partial charge in [-0.15, -0.1) is 0 Å². The van der Waals surface area contributed by atoms with Crippen molar-refractivity contribution in [1.82, 2.24) is 19.4 Å². The van der Waals surface area contributed by atoms with Crippen LogP contribution in [0.4, 0.5) is 4.79 Å². The summed E-state index contributed by atoms with van der Waals surface area (Å²) in [6.45, 7) is 15.1. The number of aliphatic imine (C=N–C) groups is 1. The zero-order valence-electron chi connectivity index (χ0n) is 23.9. The highest BCUT2D eigenvalue weighted by Gasteiger charge is 2.35. The second kappa shape index (κ2) is 12.3. The molecule has 0 spiro atoms. The number of aromatic nitrogens is 2. The molecule has 8 heteroatoms. The van der Waals surface area contributed by atoms with Crippen molar-refractivity contribution in [2.24, 2.45) is 4.99 Å². The predicted molar refractivity (Wildman–Crippen MR) is 159 cm³/mol. The number of imidazole rings is 1. The molecule has 2 heterocycles. The van der Waals surface area contributed by atoms with E-state index in [4.69, 9.17) is 21.3 Å². The Morgan fingerprint density at radius 2 is 1.95 bits per heavy atom. The molecule has 1 aliphatic heterocycles. The largest absolute Gasteiger partial charge is 0.444 e. The van der Waals surface area contributed by atoms with Gasteiger partial charge in [-0.2, -0.15) is 0 Å². The van der Waals surface area contributed by atoms with Crippen LogP contribution in [0.25, 0.3) is 5.57 Å². The van der Waals surface area contributed by atoms with Crippen LogP contribution in [-0.4, -0.2) is 62.9 Å². The number of hydrogen-bond acceptors (Lipinski definition) is 5. The van der Waals surface area contributed by atoms with Crippen LogP contribution in [-0.2, 0) is 17.7 Å². The number of hydrogen-bond donors (Lipinski definition) is 0. The Balaban J connectivity index is 1.76. The topological polar surface area (TPSA) is 63.0 Å². The number of fused-ring (bicyclic) bond motifs is 1. The molecule has 1 unspecified atom stereocenters. The van der Waals surface area contributed by atoms with Gasteiger partial charge >= 0.3 is 6.09 Å². The van der Waals surface area contributed by atoms with Gasteiger partial charge in [0.15, 0.2) is 0 Å². The van der Waals surface area contributed by atoms with Crippen molar-refractivity contribution in [1.29, 1.82) is 0 Å². The number of amides is 1. The Morgan fingerprint density at radius 3 is 2.59 bits per heavy atom. The third-order valence-corrected chi connectivity index (χ3v) is 7.24. The summed E-state index contributed by atoms with van der Waals surface area (Å²) in [6.07, 6.45) is 12.7. The summed E-state index contributed by atoms with van der Waals surface area (Å²) in [5.41, 5.74) is 4.98. The summed E-state index contributed by atoms with van der Waals surface area (Å²) < 4.78 is 7.84. The number of halogens is 1. The molecule has 1 fully saturated rings. The Kier molecular flexibility index (Phi) is 9.13. The van der Waals surface area contributed by atoms with Crippen molar-refractivity contribution in [3.8, 4) is 0 Å². The number of rotatable bonds is 5. The van der Waals surface area contributed by atoms with Gasteiger partial charge in [0, 0.05) is 62.8 Å². The molecule has 4 rings (SSSR count). The summed E-state index contributed by atoms with van der Waals surface area (Å²) in [5, 5.41) is 0.699. The average Bonchev–Trinajstić information content (AvgIpc) is 3.31. The number of carbonyl (C=O) groups is 1. The molecule has 0 bridgehead atoms. The fraction of sp³-hybridized carbons (Fsp3) is 0.452. The first-order valence-corrected chi connectivity index (χ1v) is 14.1. The molecule has 1 aromatic heterocycles. The number of nitrogens with zero attached hydrogens (tertiary/aromatic N) is 5. The minimum Gasteiger partial charge on any atom is -0.444 e. The van der Waals surface area contributed by atoms with E-state index in [1.807, 2.05) is 58.4 Å². The molecule has 1 aliphatic carbocycles. The lowest BCUT2D eigenvalue weighted by molar-refractivity contribution is 0.0129. The molecule has 0 N–H and O–H groups in total. The van der Waals surface area contributed by atoms with Crippen LogP contribution in [0.1, 0.15) is 64.5 Å². The maximum absolute atomic E-state index is 12.8. The van der Waals surface area contributed by atoms with Crippen molar-refractivity contribution in [3.63, 3.8) is 0 Å². The zero-order valence-corrected chi connectivity index (χ0v) is 24.7. The SMILES string of the molecule is C\C=C/N=C1/C(=C\C)C=C(Cn2ccnc2CC)c2cc(Cl)ccc2C1N1CCN(C(=O)OC(C)(C)C)CC1. The number of benzene rings is 1. The van der Waals surface area contributed by atoms with Crippen LogP contribution in [0, 0.1) is 0 Å². The Bertz CT molecular complexity index is 1310. The molecule has 0 radical (unpaired) electrons. The number of ether oxygens (including phenoxy) is 1. The molecule has 2 aliphatic rings. The van der Waals surface area contributed by atoms with E-state index in [9.17, 15) is 4.79 Å². The average molecular weight is 550 g/mol. The second-order valence-electron chi connectivity index (χ2n) is 10.9. The Morgan fingerprint density at radius 1 is 1.21 bits per heavy atom. The van der Waals surface area contributed by atoms with Crippen LogP contribution >= 0.6 is 11.6 Å². The number of allylic oxidation sites excluding steroid dienone is 4. The molecule has 7 nitrogen and oxygen atoms in total. The van der Waals surface area contributed by atoms with E-state index >= 15 is 0 Å². The number of carbonyl (C=O) groups excluding carboxylic acids is 1. The summed E-state index contributed by atoms with van der Waals surface area (Å²) in [6, 6.07) is 6.07. The molecule has 2 aromatic rings. The number of piperazine rings is 1. The van der Waals surface area contributed by atoms with Crippen molar-refractivity contribution in [2.75, 3.05) is 26.2 Å². The van der Waals surface area contributed by atoms with Crippen LogP contribution in [0.5, 0.6) is 0 Å². The summed E-state index contributed by atoms with van der Waals surface area (Å²) >= 11 is 6.59. The Hall–Kier alpha value is -3.16. The minimum absolute atomic E-state index is 0.0948. The summed E-state index contributed by atoms with van der Waals surface area (Å²) in [7, 11) is 0. The van der Waals surface area contributed by atoms with Gasteiger partial charge in [-0.3, -0.25) is 9.89 Å². The van der Waals surface area contributed by atoms with E-state index < -0.39 is 5.60 Å². The van der Waals surface area contributed by atoms with E-state index in [1.54, 1.807) is 4.90 Å².